The minimum atomic E-state index is -0.0428. The number of aliphatic imine (C=N–C) groups is 1. The standard InChI is InChI=1S/C38H72N2O2/c1-5-8-10-12-14-16-18-20-22-24-26-28-30-32-37(39-4)40(34-7-3)35-36-42-38(41)33-31-29-27-25-23-21-19-17-15-13-11-9-6-2/h16-19H,5-15,20-36H2,1-4H3/b18-16+,19-17+,39-37?. The molecule has 0 aromatic carbocycles. The van der Waals surface area contributed by atoms with Crippen molar-refractivity contribution in [3.8, 4) is 0 Å². The van der Waals surface area contributed by atoms with Gasteiger partial charge in [0.05, 0.1) is 12.4 Å². The summed E-state index contributed by atoms with van der Waals surface area (Å²) in [6.07, 6.45) is 40.1. The van der Waals surface area contributed by atoms with E-state index >= 15 is 0 Å². The van der Waals surface area contributed by atoms with E-state index < -0.39 is 0 Å². The van der Waals surface area contributed by atoms with E-state index in [1.54, 1.807) is 0 Å². The minimum Gasteiger partial charge on any atom is -0.464 e. The number of hydrogen-bond acceptors (Lipinski definition) is 3. The fourth-order valence-corrected chi connectivity index (χ4v) is 5.38. The number of hydrogen-bond donors (Lipinski definition) is 0. The molecule has 0 aliphatic heterocycles. The molecule has 4 heteroatoms. The lowest BCUT2D eigenvalue weighted by molar-refractivity contribution is -0.144. The van der Waals surface area contributed by atoms with E-state index in [4.69, 9.17) is 4.74 Å². The Morgan fingerprint density at radius 3 is 1.43 bits per heavy atom. The van der Waals surface area contributed by atoms with Crippen LogP contribution in [-0.2, 0) is 9.53 Å². The van der Waals surface area contributed by atoms with Gasteiger partial charge in [0, 0.05) is 26.4 Å². The summed E-state index contributed by atoms with van der Waals surface area (Å²) >= 11 is 0. The first-order valence-electron chi connectivity index (χ1n) is 18.4. The number of carbonyl (C=O) groups excluding carboxylic acids is 1. The monoisotopic (exact) mass is 589 g/mol. The molecule has 0 spiro atoms. The molecule has 246 valence electrons. The molecule has 0 radical (unpaired) electrons. The zero-order chi connectivity index (χ0) is 30.8. The SMILES string of the molecule is CCCCCC/C=C/CCCCCCCC(=O)OCCN(CCC)C(CCCCCCC/C=C/CCCCCC)=NC. The van der Waals surface area contributed by atoms with Crippen molar-refractivity contribution in [2.24, 2.45) is 4.99 Å². The molecule has 0 rings (SSSR count). The van der Waals surface area contributed by atoms with Crippen LogP contribution >= 0.6 is 0 Å². The van der Waals surface area contributed by atoms with Gasteiger partial charge in [-0.3, -0.25) is 9.79 Å². The maximum atomic E-state index is 12.2. The summed E-state index contributed by atoms with van der Waals surface area (Å²) in [7, 11) is 1.91. The van der Waals surface area contributed by atoms with Crippen LogP contribution in [0.15, 0.2) is 29.3 Å². The topological polar surface area (TPSA) is 41.9 Å². The fraction of sp³-hybridized carbons (Fsp3) is 0.842. The predicted octanol–water partition coefficient (Wildman–Crippen LogP) is 11.8. The molecule has 0 amide bonds. The molecule has 0 saturated heterocycles. The average Bonchev–Trinajstić information content (AvgIpc) is 2.99. The zero-order valence-corrected chi connectivity index (χ0v) is 28.8. The minimum absolute atomic E-state index is 0.0428. The van der Waals surface area contributed by atoms with Gasteiger partial charge in [-0.15, -0.1) is 0 Å². The van der Waals surface area contributed by atoms with Crippen LogP contribution in [0.5, 0.6) is 0 Å². The zero-order valence-electron chi connectivity index (χ0n) is 28.8. The van der Waals surface area contributed by atoms with E-state index in [2.05, 4.69) is 55.0 Å². The summed E-state index contributed by atoms with van der Waals surface area (Å²) in [6, 6.07) is 0. The van der Waals surface area contributed by atoms with Crippen molar-refractivity contribution < 1.29 is 9.53 Å². The third-order valence-corrected chi connectivity index (χ3v) is 8.05. The van der Waals surface area contributed by atoms with Gasteiger partial charge in [-0.05, 0) is 70.6 Å². The molecule has 0 atom stereocenters. The van der Waals surface area contributed by atoms with Gasteiger partial charge in [0.1, 0.15) is 6.61 Å². The van der Waals surface area contributed by atoms with E-state index in [9.17, 15) is 4.79 Å². The molecule has 0 aromatic heterocycles. The van der Waals surface area contributed by atoms with Crippen molar-refractivity contribution in [3.05, 3.63) is 24.3 Å². The fourth-order valence-electron chi connectivity index (χ4n) is 5.38. The molecular formula is C38H72N2O2. The Labute approximate surface area is 263 Å². The van der Waals surface area contributed by atoms with Crippen LogP contribution in [0.2, 0.25) is 0 Å². The van der Waals surface area contributed by atoms with Gasteiger partial charge < -0.3 is 9.64 Å². The van der Waals surface area contributed by atoms with Crippen LogP contribution in [-0.4, -0.2) is 43.4 Å². The quantitative estimate of drug-likeness (QED) is 0.0266. The first kappa shape index (κ1) is 40.4. The van der Waals surface area contributed by atoms with Crippen molar-refractivity contribution >= 4 is 11.8 Å². The van der Waals surface area contributed by atoms with E-state index in [0.29, 0.717) is 13.0 Å². The Kier molecular flexibility index (Phi) is 32.6. The summed E-state index contributed by atoms with van der Waals surface area (Å²) < 4.78 is 5.59. The summed E-state index contributed by atoms with van der Waals surface area (Å²) in [6.45, 7) is 8.93. The van der Waals surface area contributed by atoms with Crippen molar-refractivity contribution in [2.45, 2.75) is 181 Å². The molecule has 0 aliphatic rings. The van der Waals surface area contributed by atoms with E-state index in [0.717, 1.165) is 38.8 Å². The van der Waals surface area contributed by atoms with Gasteiger partial charge >= 0.3 is 5.97 Å². The second-order valence-corrected chi connectivity index (χ2v) is 12.1. The molecule has 0 N–H and O–H groups in total. The van der Waals surface area contributed by atoms with Gasteiger partial charge in [-0.1, -0.05) is 122 Å². The molecule has 42 heavy (non-hydrogen) atoms. The summed E-state index contributed by atoms with van der Waals surface area (Å²) in [5, 5.41) is 0. The largest absolute Gasteiger partial charge is 0.464 e. The van der Waals surface area contributed by atoms with E-state index in [1.807, 2.05) is 7.05 Å². The predicted molar refractivity (Wildman–Crippen MR) is 187 cm³/mol. The molecule has 0 unspecified atom stereocenters. The number of unbranched alkanes of at least 4 members (excludes halogenated alkanes) is 18. The lowest BCUT2D eigenvalue weighted by Gasteiger charge is -2.25. The van der Waals surface area contributed by atoms with E-state index in [-0.39, 0.29) is 5.97 Å². The third kappa shape index (κ3) is 28.5. The van der Waals surface area contributed by atoms with Crippen molar-refractivity contribution in [1.29, 1.82) is 0 Å². The third-order valence-electron chi connectivity index (χ3n) is 8.05. The lowest BCUT2D eigenvalue weighted by atomic mass is 10.1. The van der Waals surface area contributed by atoms with Crippen molar-refractivity contribution in [3.63, 3.8) is 0 Å². The summed E-state index contributed by atoms with van der Waals surface area (Å²) in [5.74, 6) is 1.13. The maximum Gasteiger partial charge on any atom is 0.305 e. The highest BCUT2D eigenvalue weighted by Crippen LogP contribution is 2.12. The van der Waals surface area contributed by atoms with Crippen LogP contribution < -0.4 is 0 Å². The average molecular weight is 589 g/mol. The first-order chi connectivity index (χ1) is 20.7. The van der Waals surface area contributed by atoms with Gasteiger partial charge in [0.15, 0.2) is 0 Å². The van der Waals surface area contributed by atoms with Gasteiger partial charge in [0.25, 0.3) is 0 Å². The maximum absolute atomic E-state index is 12.2. The number of amidine groups is 1. The van der Waals surface area contributed by atoms with Gasteiger partial charge in [-0.2, -0.15) is 0 Å². The number of allylic oxidation sites excluding steroid dienone is 4. The second-order valence-electron chi connectivity index (χ2n) is 12.1. The Hall–Kier alpha value is -1.58. The molecular weight excluding hydrogens is 516 g/mol. The molecule has 0 aromatic rings. The highest BCUT2D eigenvalue weighted by molar-refractivity contribution is 5.82. The number of carbonyl (C=O) groups is 1. The van der Waals surface area contributed by atoms with E-state index in [1.165, 1.54) is 134 Å². The second kappa shape index (κ2) is 33.9. The smallest absolute Gasteiger partial charge is 0.305 e. The molecule has 0 heterocycles. The van der Waals surface area contributed by atoms with Crippen LogP contribution in [0, 0.1) is 0 Å². The Morgan fingerprint density at radius 1 is 0.548 bits per heavy atom. The van der Waals surface area contributed by atoms with Crippen LogP contribution in [0.4, 0.5) is 0 Å². The lowest BCUT2D eigenvalue weighted by Crippen LogP contribution is -2.35. The highest BCUT2D eigenvalue weighted by atomic mass is 16.5. The highest BCUT2D eigenvalue weighted by Gasteiger charge is 2.11. The van der Waals surface area contributed by atoms with Crippen molar-refractivity contribution in [1.82, 2.24) is 4.90 Å². The molecule has 4 nitrogen and oxygen atoms in total. The number of esters is 1. The Balaban J connectivity index is 3.85. The molecule has 0 fully saturated rings. The Morgan fingerprint density at radius 2 is 0.976 bits per heavy atom. The number of rotatable bonds is 31. The van der Waals surface area contributed by atoms with Crippen LogP contribution in [0.1, 0.15) is 181 Å². The number of ether oxygens (including phenoxy) is 1. The van der Waals surface area contributed by atoms with Crippen LogP contribution in [0.3, 0.4) is 0 Å². The van der Waals surface area contributed by atoms with Gasteiger partial charge in [-0.25, -0.2) is 0 Å². The molecule has 0 bridgehead atoms. The normalized spacial score (nSPS) is 12.1. The number of nitrogens with zero attached hydrogens (tertiary/aromatic N) is 2. The molecule has 0 saturated carbocycles. The van der Waals surface area contributed by atoms with Crippen LogP contribution in [0.25, 0.3) is 0 Å². The summed E-state index contributed by atoms with van der Waals surface area (Å²) in [4.78, 5) is 19.2. The molecule has 0 aliphatic carbocycles. The van der Waals surface area contributed by atoms with Gasteiger partial charge in [0.2, 0.25) is 0 Å². The van der Waals surface area contributed by atoms with Crippen molar-refractivity contribution in [2.75, 3.05) is 26.7 Å². The summed E-state index contributed by atoms with van der Waals surface area (Å²) in [5.41, 5.74) is 0. The first-order valence-corrected chi connectivity index (χ1v) is 18.4. The Bertz CT molecular complexity index is 655.